The Morgan fingerprint density at radius 1 is 1.17 bits per heavy atom. The molecule has 7 heteroatoms. The molecular weight excluding hydrogens is 402 g/mol. The van der Waals surface area contributed by atoms with Crippen LogP contribution < -0.4 is 5.32 Å². The second-order valence-corrected chi connectivity index (χ2v) is 9.65. The first-order valence-corrected chi connectivity index (χ1v) is 11.7. The highest BCUT2D eigenvalue weighted by Crippen LogP contribution is 2.45. The average Bonchev–Trinajstić information content (AvgIpc) is 3.08. The third-order valence-corrected chi connectivity index (χ3v) is 7.45. The van der Waals surface area contributed by atoms with Gasteiger partial charge in [0, 0.05) is 17.7 Å². The Morgan fingerprint density at radius 2 is 1.87 bits per heavy atom. The third-order valence-electron chi connectivity index (χ3n) is 6.28. The number of hydrogen-bond donors (Lipinski definition) is 1. The standard InChI is InChI=1S/C23H35NO5S/c1-6-23(3,4)15-12-13-16-17(14-15)30-21(20(16)22(27)29-7-2)24-18(25)10-8-9-11-19(26)28-5/h15H,6-14H2,1-5H3,(H,24,25)/t15-/m0/s1. The lowest BCUT2D eigenvalue weighted by atomic mass is 9.69. The summed E-state index contributed by atoms with van der Waals surface area (Å²) in [6.45, 7) is 8.92. The molecule has 168 valence electrons. The number of carbonyl (C=O) groups excluding carboxylic acids is 3. The molecule has 1 aliphatic rings. The van der Waals surface area contributed by atoms with Gasteiger partial charge in [0.05, 0.1) is 19.3 Å². The SMILES string of the molecule is CCOC(=O)c1c(NC(=O)CCCCC(=O)OC)sc2c1CC[C@H](C(C)(C)CC)C2. The molecule has 0 aliphatic heterocycles. The summed E-state index contributed by atoms with van der Waals surface area (Å²) >= 11 is 1.52. The largest absolute Gasteiger partial charge is 0.469 e. The lowest BCUT2D eigenvalue weighted by Crippen LogP contribution is -2.28. The van der Waals surface area contributed by atoms with Crippen LogP contribution in [0.25, 0.3) is 0 Å². The zero-order chi connectivity index (χ0) is 22.3. The van der Waals surface area contributed by atoms with E-state index in [0.29, 0.717) is 48.8 Å². The Bertz CT molecular complexity index is 768. The van der Waals surface area contributed by atoms with Crippen LogP contribution in [0.1, 0.15) is 87.0 Å². The summed E-state index contributed by atoms with van der Waals surface area (Å²) in [5.41, 5.74) is 1.82. The second kappa shape index (κ2) is 10.9. The molecule has 30 heavy (non-hydrogen) atoms. The minimum absolute atomic E-state index is 0.144. The Morgan fingerprint density at radius 3 is 2.50 bits per heavy atom. The van der Waals surface area contributed by atoms with Gasteiger partial charge in [-0.1, -0.05) is 27.2 Å². The normalized spacial score (nSPS) is 16.0. The zero-order valence-corrected chi connectivity index (χ0v) is 19.7. The van der Waals surface area contributed by atoms with Crippen molar-refractivity contribution < 1.29 is 23.9 Å². The topological polar surface area (TPSA) is 81.7 Å². The summed E-state index contributed by atoms with van der Waals surface area (Å²) in [6, 6.07) is 0. The van der Waals surface area contributed by atoms with E-state index in [4.69, 9.17) is 4.74 Å². The van der Waals surface area contributed by atoms with Gasteiger partial charge in [0.25, 0.3) is 0 Å². The van der Waals surface area contributed by atoms with Gasteiger partial charge in [-0.3, -0.25) is 9.59 Å². The first-order valence-electron chi connectivity index (χ1n) is 10.9. The molecule has 0 unspecified atom stereocenters. The number of ether oxygens (including phenoxy) is 2. The van der Waals surface area contributed by atoms with Crippen LogP contribution in [-0.2, 0) is 31.9 Å². The quantitative estimate of drug-likeness (QED) is 0.405. The number of fused-ring (bicyclic) bond motifs is 1. The van der Waals surface area contributed by atoms with Crippen LogP contribution in [0.5, 0.6) is 0 Å². The van der Waals surface area contributed by atoms with E-state index < -0.39 is 0 Å². The number of amides is 1. The molecule has 1 aromatic heterocycles. The maximum atomic E-state index is 12.7. The first kappa shape index (κ1) is 24.4. The van der Waals surface area contributed by atoms with E-state index in [9.17, 15) is 14.4 Å². The van der Waals surface area contributed by atoms with Crippen molar-refractivity contribution in [2.45, 2.75) is 79.1 Å². The minimum atomic E-state index is -0.357. The van der Waals surface area contributed by atoms with Gasteiger partial charge in [-0.05, 0) is 55.9 Å². The molecule has 1 atom stereocenters. The summed E-state index contributed by atoms with van der Waals surface area (Å²) in [4.78, 5) is 37.5. The summed E-state index contributed by atoms with van der Waals surface area (Å²) in [6.07, 6.45) is 5.71. The van der Waals surface area contributed by atoms with Crippen LogP contribution >= 0.6 is 11.3 Å². The molecule has 0 bridgehead atoms. The molecule has 1 amide bonds. The van der Waals surface area contributed by atoms with Gasteiger partial charge in [0.15, 0.2) is 0 Å². The fourth-order valence-corrected chi connectivity index (χ4v) is 5.23. The van der Waals surface area contributed by atoms with Crippen LogP contribution in [0.15, 0.2) is 0 Å². The van der Waals surface area contributed by atoms with Crippen molar-refractivity contribution in [3.8, 4) is 0 Å². The van der Waals surface area contributed by atoms with Crippen LogP contribution in [0.4, 0.5) is 5.00 Å². The van der Waals surface area contributed by atoms with E-state index in [1.807, 2.05) is 0 Å². The number of rotatable bonds is 10. The summed E-state index contributed by atoms with van der Waals surface area (Å²) < 4.78 is 9.91. The predicted molar refractivity (Wildman–Crippen MR) is 119 cm³/mol. The van der Waals surface area contributed by atoms with Gasteiger partial charge in [-0.2, -0.15) is 0 Å². The van der Waals surface area contributed by atoms with E-state index in [1.54, 1.807) is 6.92 Å². The van der Waals surface area contributed by atoms with Crippen molar-refractivity contribution >= 4 is 34.2 Å². The highest BCUT2D eigenvalue weighted by molar-refractivity contribution is 7.17. The molecule has 6 nitrogen and oxygen atoms in total. The highest BCUT2D eigenvalue weighted by atomic mass is 32.1. The number of methoxy groups -OCH3 is 1. The van der Waals surface area contributed by atoms with Crippen molar-refractivity contribution in [3.63, 3.8) is 0 Å². The number of esters is 2. The molecule has 0 saturated carbocycles. The lowest BCUT2D eigenvalue weighted by molar-refractivity contribution is -0.140. The molecule has 0 spiro atoms. The van der Waals surface area contributed by atoms with Gasteiger partial charge in [-0.25, -0.2) is 4.79 Å². The fourth-order valence-electron chi connectivity index (χ4n) is 3.89. The van der Waals surface area contributed by atoms with Crippen LogP contribution in [0.2, 0.25) is 0 Å². The predicted octanol–water partition coefficient (Wildman–Crippen LogP) is 5.14. The fraction of sp³-hybridized carbons (Fsp3) is 0.696. The van der Waals surface area contributed by atoms with Crippen molar-refractivity contribution in [1.82, 2.24) is 0 Å². The van der Waals surface area contributed by atoms with E-state index in [-0.39, 0.29) is 23.3 Å². The highest BCUT2D eigenvalue weighted by Gasteiger charge is 2.35. The monoisotopic (exact) mass is 437 g/mol. The molecular formula is C23H35NO5S. The number of hydrogen-bond acceptors (Lipinski definition) is 6. The maximum Gasteiger partial charge on any atom is 0.341 e. The van der Waals surface area contributed by atoms with E-state index >= 15 is 0 Å². The van der Waals surface area contributed by atoms with Gasteiger partial charge in [-0.15, -0.1) is 11.3 Å². The van der Waals surface area contributed by atoms with Gasteiger partial charge in [0.1, 0.15) is 5.00 Å². The number of nitrogens with one attached hydrogen (secondary N) is 1. The van der Waals surface area contributed by atoms with Crippen LogP contribution in [0, 0.1) is 11.3 Å². The first-order chi connectivity index (χ1) is 14.2. The van der Waals surface area contributed by atoms with Crippen molar-refractivity contribution in [2.24, 2.45) is 11.3 Å². The second-order valence-electron chi connectivity index (χ2n) is 8.54. The summed E-state index contributed by atoms with van der Waals surface area (Å²) in [7, 11) is 1.36. The Balaban J connectivity index is 2.14. The van der Waals surface area contributed by atoms with Gasteiger partial charge in [0.2, 0.25) is 5.91 Å². The number of anilines is 1. The molecule has 1 aliphatic carbocycles. The van der Waals surface area contributed by atoms with E-state index in [0.717, 1.165) is 31.2 Å². The zero-order valence-electron chi connectivity index (χ0n) is 18.9. The van der Waals surface area contributed by atoms with Crippen molar-refractivity contribution in [1.29, 1.82) is 0 Å². The number of unbranched alkanes of at least 4 members (excludes halogenated alkanes) is 1. The summed E-state index contributed by atoms with van der Waals surface area (Å²) in [5, 5.41) is 3.54. The molecule has 0 fully saturated rings. The number of carbonyl (C=O) groups is 3. The van der Waals surface area contributed by atoms with Crippen LogP contribution in [-0.4, -0.2) is 31.6 Å². The Labute approximate surface area is 183 Å². The van der Waals surface area contributed by atoms with E-state index in [1.165, 1.54) is 23.3 Å². The summed E-state index contributed by atoms with van der Waals surface area (Å²) in [5.74, 6) is -0.209. The third kappa shape index (κ3) is 6.06. The number of thiophene rings is 1. The van der Waals surface area contributed by atoms with Crippen molar-refractivity contribution in [3.05, 3.63) is 16.0 Å². The molecule has 1 aromatic rings. The molecule has 1 N–H and O–H groups in total. The Kier molecular flexibility index (Phi) is 8.89. The average molecular weight is 438 g/mol. The van der Waals surface area contributed by atoms with E-state index in [2.05, 4.69) is 30.8 Å². The van der Waals surface area contributed by atoms with Gasteiger partial charge < -0.3 is 14.8 Å². The minimum Gasteiger partial charge on any atom is -0.469 e. The van der Waals surface area contributed by atoms with Gasteiger partial charge >= 0.3 is 11.9 Å². The molecule has 0 saturated heterocycles. The van der Waals surface area contributed by atoms with Crippen molar-refractivity contribution in [2.75, 3.05) is 19.0 Å². The van der Waals surface area contributed by atoms with Crippen LogP contribution in [0.3, 0.4) is 0 Å². The smallest absolute Gasteiger partial charge is 0.341 e. The molecule has 1 heterocycles. The molecule has 0 aromatic carbocycles. The lowest BCUT2D eigenvalue weighted by Gasteiger charge is -2.36. The molecule has 0 radical (unpaired) electrons. The maximum absolute atomic E-state index is 12.7. The molecule has 2 rings (SSSR count). The Hall–Kier alpha value is -1.89.